The number of carboxylic acid groups (broad SMARTS) is 1. The van der Waals surface area contributed by atoms with E-state index < -0.39 is 20.1 Å². The number of carbonyl (C=O) groups is 2. The Balaban J connectivity index is 1.92. The molecule has 150 valence electrons. The van der Waals surface area contributed by atoms with Crippen LogP contribution in [0.5, 0.6) is 0 Å². The molecule has 0 aliphatic heterocycles. The molecule has 0 bridgehead atoms. The molecule has 0 aromatic heterocycles. The van der Waals surface area contributed by atoms with Gasteiger partial charge in [0, 0.05) is 20.3 Å². The van der Waals surface area contributed by atoms with E-state index in [0.29, 0.717) is 18.7 Å². The minimum absolute atomic E-state index is 0.129. The SMILES string of the molecule is C[Si](C)(C)CCNC(=O)[C@@H](N)Cc1ccc(Nc2ccccc2C(=O)O)cc1. The Kier molecular flexibility index (Phi) is 7.36. The van der Waals surface area contributed by atoms with Crippen molar-refractivity contribution in [3.63, 3.8) is 0 Å². The predicted octanol–water partition coefficient (Wildman–Crippen LogP) is 3.45. The minimum Gasteiger partial charge on any atom is -0.478 e. The molecule has 0 saturated heterocycles. The van der Waals surface area contributed by atoms with Crippen molar-refractivity contribution in [3.8, 4) is 0 Å². The molecule has 7 heteroatoms. The highest BCUT2D eigenvalue weighted by atomic mass is 28.3. The third-order valence-corrected chi connectivity index (χ3v) is 6.11. The Labute approximate surface area is 167 Å². The maximum Gasteiger partial charge on any atom is 0.337 e. The highest BCUT2D eigenvalue weighted by molar-refractivity contribution is 6.76. The van der Waals surface area contributed by atoms with E-state index in [9.17, 15) is 14.7 Å². The van der Waals surface area contributed by atoms with Gasteiger partial charge >= 0.3 is 5.97 Å². The number of nitrogens with one attached hydrogen (secondary N) is 2. The molecule has 2 aromatic carbocycles. The van der Waals surface area contributed by atoms with Crippen LogP contribution in [-0.2, 0) is 11.2 Å². The Hall–Kier alpha value is -2.64. The first kappa shape index (κ1) is 21.7. The number of rotatable bonds is 9. The molecule has 2 aromatic rings. The van der Waals surface area contributed by atoms with Crippen LogP contribution in [0, 0.1) is 0 Å². The van der Waals surface area contributed by atoms with Gasteiger partial charge in [-0.1, -0.05) is 43.9 Å². The predicted molar refractivity (Wildman–Crippen MR) is 116 cm³/mol. The molecule has 0 saturated carbocycles. The van der Waals surface area contributed by atoms with Gasteiger partial charge in [0.25, 0.3) is 0 Å². The lowest BCUT2D eigenvalue weighted by molar-refractivity contribution is -0.122. The first-order chi connectivity index (χ1) is 13.2. The number of hydrogen-bond acceptors (Lipinski definition) is 4. The number of para-hydroxylation sites is 1. The van der Waals surface area contributed by atoms with Gasteiger partial charge in [0.05, 0.1) is 17.3 Å². The third-order valence-electron chi connectivity index (χ3n) is 4.36. The van der Waals surface area contributed by atoms with Crippen LogP contribution < -0.4 is 16.4 Å². The summed E-state index contributed by atoms with van der Waals surface area (Å²) in [6.45, 7) is 7.48. The summed E-state index contributed by atoms with van der Waals surface area (Å²) >= 11 is 0. The fraction of sp³-hybridized carbons (Fsp3) is 0.333. The average Bonchev–Trinajstić information content (AvgIpc) is 2.62. The molecular formula is C21H29N3O3Si. The van der Waals surface area contributed by atoms with Crippen LogP contribution in [0.15, 0.2) is 48.5 Å². The van der Waals surface area contributed by atoms with Crippen LogP contribution in [0.2, 0.25) is 25.7 Å². The van der Waals surface area contributed by atoms with E-state index in [0.717, 1.165) is 17.3 Å². The summed E-state index contributed by atoms with van der Waals surface area (Å²) in [5.41, 5.74) is 8.49. The molecular weight excluding hydrogens is 370 g/mol. The van der Waals surface area contributed by atoms with E-state index in [-0.39, 0.29) is 11.5 Å². The van der Waals surface area contributed by atoms with Gasteiger partial charge < -0.3 is 21.5 Å². The number of carbonyl (C=O) groups excluding carboxylic acids is 1. The smallest absolute Gasteiger partial charge is 0.337 e. The molecule has 28 heavy (non-hydrogen) atoms. The van der Waals surface area contributed by atoms with Crippen molar-refractivity contribution in [2.75, 3.05) is 11.9 Å². The van der Waals surface area contributed by atoms with Crippen LogP contribution in [0.4, 0.5) is 11.4 Å². The second-order valence-corrected chi connectivity index (χ2v) is 13.7. The van der Waals surface area contributed by atoms with E-state index in [4.69, 9.17) is 5.73 Å². The van der Waals surface area contributed by atoms with Crippen molar-refractivity contribution in [3.05, 3.63) is 59.7 Å². The lowest BCUT2D eigenvalue weighted by atomic mass is 10.1. The zero-order valence-electron chi connectivity index (χ0n) is 16.7. The number of nitrogens with two attached hydrogens (primary N) is 1. The molecule has 0 unspecified atom stereocenters. The summed E-state index contributed by atoms with van der Waals surface area (Å²) in [7, 11) is -1.18. The van der Waals surface area contributed by atoms with E-state index in [1.54, 1.807) is 24.3 Å². The van der Waals surface area contributed by atoms with Crippen molar-refractivity contribution in [1.29, 1.82) is 0 Å². The van der Waals surface area contributed by atoms with Gasteiger partial charge in [0.15, 0.2) is 0 Å². The van der Waals surface area contributed by atoms with E-state index >= 15 is 0 Å². The maximum absolute atomic E-state index is 12.2. The Morgan fingerprint density at radius 1 is 1.07 bits per heavy atom. The quantitative estimate of drug-likeness (QED) is 0.484. The summed E-state index contributed by atoms with van der Waals surface area (Å²) in [5, 5.41) is 15.3. The van der Waals surface area contributed by atoms with Gasteiger partial charge in [0.2, 0.25) is 5.91 Å². The first-order valence-electron chi connectivity index (χ1n) is 9.37. The highest BCUT2D eigenvalue weighted by Crippen LogP contribution is 2.21. The number of benzene rings is 2. The second-order valence-electron chi connectivity index (χ2n) is 8.08. The van der Waals surface area contributed by atoms with Gasteiger partial charge in [-0.15, -0.1) is 0 Å². The van der Waals surface area contributed by atoms with Crippen molar-refractivity contribution >= 4 is 31.3 Å². The molecule has 1 atom stereocenters. The second kappa shape index (κ2) is 9.52. The summed E-state index contributed by atoms with van der Waals surface area (Å²) in [5.74, 6) is -1.11. The molecule has 0 fully saturated rings. The van der Waals surface area contributed by atoms with E-state index in [1.165, 1.54) is 0 Å². The first-order valence-corrected chi connectivity index (χ1v) is 13.1. The third kappa shape index (κ3) is 6.83. The topological polar surface area (TPSA) is 104 Å². The highest BCUT2D eigenvalue weighted by Gasteiger charge is 2.17. The monoisotopic (exact) mass is 399 g/mol. The van der Waals surface area contributed by atoms with Crippen LogP contribution in [0.1, 0.15) is 15.9 Å². The number of anilines is 2. The largest absolute Gasteiger partial charge is 0.478 e. The molecule has 2 rings (SSSR count). The standard InChI is InChI=1S/C21H29N3O3Si/c1-28(2,3)13-12-23-20(25)18(22)14-15-8-10-16(11-9-15)24-19-7-5-4-6-17(19)21(26)27/h4-11,18,24H,12-14,22H2,1-3H3,(H,23,25)(H,26,27)/t18-/m0/s1. The van der Waals surface area contributed by atoms with E-state index in [1.807, 2.05) is 24.3 Å². The number of hydrogen-bond donors (Lipinski definition) is 4. The summed E-state index contributed by atoms with van der Waals surface area (Å²) in [6.07, 6.45) is 0.449. The lowest BCUT2D eigenvalue weighted by Gasteiger charge is -2.17. The van der Waals surface area contributed by atoms with Crippen LogP contribution >= 0.6 is 0 Å². The number of carboxylic acids is 1. The fourth-order valence-electron chi connectivity index (χ4n) is 2.70. The molecule has 0 heterocycles. The van der Waals surface area contributed by atoms with Crippen molar-refractivity contribution < 1.29 is 14.7 Å². The van der Waals surface area contributed by atoms with Gasteiger partial charge in [0.1, 0.15) is 0 Å². The zero-order chi connectivity index (χ0) is 20.7. The van der Waals surface area contributed by atoms with Crippen LogP contribution in [-0.4, -0.2) is 37.6 Å². The normalized spacial score (nSPS) is 12.3. The van der Waals surface area contributed by atoms with Crippen LogP contribution in [0.25, 0.3) is 0 Å². The summed E-state index contributed by atoms with van der Waals surface area (Å²) in [4.78, 5) is 23.4. The lowest BCUT2D eigenvalue weighted by Crippen LogP contribution is -2.43. The molecule has 0 aliphatic carbocycles. The van der Waals surface area contributed by atoms with Crippen molar-refractivity contribution in [2.45, 2.75) is 38.1 Å². The Morgan fingerprint density at radius 2 is 1.71 bits per heavy atom. The van der Waals surface area contributed by atoms with Gasteiger partial charge in [-0.25, -0.2) is 4.79 Å². The zero-order valence-corrected chi connectivity index (χ0v) is 17.7. The Bertz CT molecular complexity index is 816. The van der Waals surface area contributed by atoms with Crippen LogP contribution in [0.3, 0.4) is 0 Å². The molecule has 0 radical (unpaired) electrons. The molecule has 0 aliphatic rings. The number of amides is 1. The summed E-state index contributed by atoms with van der Waals surface area (Å²) < 4.78 is 0. The molecule has 0 spiro atoms. The molecule has 6 nitrogen and oxygen atoms in total. The van der Waals surface area contributed by atoms with Gasteiger partial charge in [-0.2, -0.15) is 0 Å². The van der Waals surface area contributed by atoms with Crippen molar-refractivity contribution in [1.82, 2.24) is 5.32 Å². The average molecular weight is 400 g/mol. The Morgan fingerprint density at radius 3 is 2.32 bits per heavy atom. The molecule has 5 N–H and O–H groups in total. The number of aromatic carboxylic acids is 1. The maximum atomic E-state index is 12.2. The summed E-state index contributed by atoms with van der Waals surface area (Å²) in [6, 6.07) is 14.7. The van der Waals surface area contributed by atoms with E-state index in [2.05, 4.69) is 30.3 Å². The van der Waals surface area contributed by atoms with Crippen molar-refractivity contribution in [2.24, 2.45) is 5.73 Å². The fourth-order valence-corrected chi connectivity index (χ4v) is 3.57. The van der Waals surface area contributed by atoms with Gasteiger partial charge in [-0.3, -0.25) is 4.79 Å². The minimum atomic E-state index is -1.18. The molecule has 1 amide bonds. The van der Waals surface area contributed by atoms with Gasteiger partial charge in [-0.05, 0) is 42.3 Å².